The molecule has 2 N–H and O–H groups in total. The first-order valence-corrected chi connectivity index (χ1v) is 6.52. The number of carboxylic acid groups (broad SMARTS) is 1. The molecule has 0 saturated carbocycles. The summed E-state index contributed by atoms with van der Waals surface area (Å²) < 4.78 is 0. The fourth-order valence-corrected chi connectivity index (χ4v) is 2.03. The Labute approximate surface area is 117 Å². The number of rotatable bonds is 6. The molecule has 6 nitrogen and oxygen atoms in total. The molecule has 1 aliphatic rings. The zero-order valence-corrected chi connectivity index (χ0v) is 11.1. The van der Waals surface area contributed by atoms with Crippen LogP contribution in [-0.2, 0) is 11.2 Å². The SMILES string of the molecule is O=C(O)NCCC1=NN(CCc2ccccc2)C(=O)C1. The molecule has 1 aliphatic heterocycles. The largest absolute Gasteiger partial charge is 0.465 e. The Balaban J connectivity index is 1.81. The van der Waals surface area contributed by atoms with Crippen LogP contribution in [0.2, 0.25) is 0 Å². The minimum Gasteiger partial charge on any atom is -0.465 e. The van der Waals surface area contributed by atoms with Crippen LogP contribution in [0.25, 0.3) is 0 Å². The summed E-state index contributed by atoms with van der Waals surface area (Å²) in [5.41, 5.74) is 1.90. The number of amides is 2. The summed E-state index contributed by atoms with van der Waals surface area (Å²) in [7, 11) is 0. The van der Waals surface area contributed by atoms with Crippen LogP contribution in [0.15, 0.2) is 35.4 Å². The Morgan fingerprint density at radius 2 is 2.05 bits per heavy atom. The van der Waals surface area contributed by atoms with Gasteiger partial charge in [-0.15, -0.1) is 0 Å². The molecular weight excluding hydrogens is 258 g/mol. The number of hydrogen-bond donors (Lipinski definition) is 2. The smallest absolute Gasteiger partial charge is 0.404 e. The van der Waals surface area contributed by atoms with Crippen molar-refractivity contribution >= 4 is 17.7 Å². The summed E-state index contributed by atoms with van der Waals surface area (Å²) in [5, 5.41) is 16.5. The van der Waals surface area contributed by atoms with Gasteiger partial charge in [0.15, 0.2) is 0 Å². The Morgan fingerprint density at radius 3 is 2.75 bits per heavy atom. The summed E-state index contributed by atoms with van der Waals surface area (Å²) in [5.74, 6) is -0.0220. The van der Waals surface area contributed by atoms with E-state index in [-0.39, 0.29) is 18.9 Å². The molecule has 2 amide bonds. The summed E-state index contributed by atoms with van der Waals surface area (Å²) in [6.07, 6.45) is 0.461. The van der Waals surface area contributed by atoms with Gasteiger partial charge in [-0.25, -0.2) is 9.80 Å². The molecule has 0 aliphatic carbocycles. The standard InChI is InChI=1S/C14H17N3O3/c18-13-10-12(6-8-15-14(19)20)16-17(13)9-7-11-4-2-1-3-5-11/h1-5,15H,6-10H2,(H,19,20). The minimum absolute atomic E-state index is 0.0220. The monoisotopic (exact) mass is 275 g/mol. The first-order valence-electron chi connectivity index (χ1n) is 6.52. The van der Waals surface area contributed by atoms with E-state index in [9.17, 15) is 9.59 Å². The Kier molecular flexibility index (Phi) is 4.70. The van der Waals surface area contributed by atoms with E-state index in [2.05, 4.69) is 10.4 Å². The number of carbonyl (C=O) groups excluding carboxylic acids is 1. The van der Waals surface area contributed by atoms with Gasteiger partial charge in [0.05, 0.1) is 6.42 Å². The van der Waals surface area contributed by atoms with Crippen molar-refractivity contribution < 1.29 is 14.7 Å². The molecule has 0 bridgehead atoms. The van der Waals surface area contributed by atoms with Gasteiger partial charge in [0.25, 0.3) is 0 Å². The lowest BCUT2D eigenvalue weighted by molar-refractivity contribution is -0.128. The molecule has 106 valence electrons. The molecule has 6 heteroatoms. The number of benzene rings is 1. The molecule has 2 rings (SSSR count). The highest BCUT2D eigenvalue weighted by molar-refractivity contribution is 6.05. The lowest BCUT2D eigenvalue weighted by Crippen LogP contribution is -2.23. The average molecular weight is 275 g/mol. The predicted octanol–water partition coefficient (Wildman–Crippen LogP) is 1.48. The van der Waals surface area contributed by atoms with Gasteiger partial charge in [-0.2, -0.15) is 5.10 Å². The van der Waals surface area contributed by atoms with E-state index in [4.69, 9.17) is 5.11 Å². The normalized spacial score (nSPS) is 14.3. The van der Waals surface area contributed by atoms with E-state index in [0.29, 0.717) is 13.0 Å². The van der Waals surface area contributed by atoms with Crippen molar-refractivity contribution in [3.05, 3.63) is 35.9 Å². The predicted molar refractivity (Wildman–Crippen MR) is 74.6 cm³/mol. The molecule has 0 saturated heterocycles. The van der Waals surface area contributed by atoms with Crippen LogP contribution in [0.1, 0.15) is 18.4 Å². The zero-order chi connectivity index (χ0) is 14.4. The molecule has 1 aromatic rings. The second-order valence-corrected chi connectivity index (χ2v) is 4.58. The second-order valence-electron chi connectivity index (χ2n) is 4.58. The summed E-state index contributed by atoms with van der Waals surface area (Å²) in [6, 6.07) is 9.92. The Morgan fingerprint density at radius 1 is 1.30 bits per heavy atom. The number of nitrogens with zero attached hydrogens (tertiary/aromatic N) is 2. The average Bonchev–Trinajstić information content (AvgIpc) is 2.78. The van der Waals surface area contributed by atoms with Crippen molar-refractivity contribution in [3.63, 3.8) is 0 Å². The van der Waals surface area contributed by atoms with Gasteiger partial charge in [-0.1, -0.05) is 30.3 Å². The molecule has 0 unspecified atom stereocenters. The van der Waals surface area contributed by atoms with Crippen LogP contribution < -0.4 is 5.32 Å². The molecule has 20 heavy (non-hydrogen) atoms. The van der Waals surface area contributed by atoms with Crippen LogP contribution in [-0.4, -0.2) is 40.9 Å². The molecule has 0 radical (unpaired) electrons. The van der Waals surface area contributed by atoms with Crippen LogP contribution >= 0.6 is 0 Å². The summed E-state index contributed by atoms with van der Waals surface area (Å²) >= 11 is 0. The van der Waals surface area contributed by atoms with Gasteiger partial charge in [0.1, 0.15) is 0 Å². The second kappa shape index (κ2) is 6.70. The van der Waals surface area contributed by atoms with Crippen molar-refractivity contribution in [2.45, 2.75) is 19.3 Å². The first kappa shape index (κ1) is 14.0. The maximum Gasteiger partial charge on any atom is 0.404 e. The van der Waals surface area contributed by atoms with E-state index < -0.39 is 6.09 Å². The Hall–Kier alpha value is -2.37. The lowest BCUT2D eigenvalue weighted by Gasteiger charge is -2.11. The highest BCUT2D eigenvalue weighted by Crippen LogP contribution is 2.11. The molecule has 0 fully saturated rings. The van der Waals surface area contributed by atoms with Gasteiger partial charge in [-0.3, -0.25) is 4.79 Å². The first-order chi connectivity index (χ1) is 9.65. The third-order valence-electron chi connectivity index (χ3n) is 3.05. The molecule has 1 aromatic carbocycles. The van der Waals surface area contributed by atoms with E-state index in [0.717, 1.165) is 17.7 Å². The topological polar surface area (TPSA) is 82.0 Å². The van der Waals surface area contributed by atoms with Crippen molar-refractivity contribution in [3.8, 4) is 0 Å². The lowest BCUT2D eigenvalue weighted by atomic mass is 10.1. The van der Waals surface area contributed by atoms with Crippen LogP contribution in [0.5, 0.6) is 0 Å². The molecule has 0 atom stereocenters. The quantitative estimate of drug-likeness (QED) is 0.825. The fraction of sp³-hybridized carbons (Fsp3) is 0.357. The minimum atomic E-state index is -1.06. The number of nitrogens with one attached hydrogen (secondary N) is 1. The van der Waals surface area contributed by atoms with Gasteiger partial charge in [0.2, 0.25) is 5.91 Å². The third-order valence-corrected chi connectivity index (χ3v) is 3.05. The fourth-order valence-electron chi connectivity index (χ4n) is 2.03. The number of carbonyl (C=O) groups is 2. The van der Waals surface area contributed by atoms with Crippen molar-refractivity contribution in [2.24, 2.45) is 5.10 Å². The maximum absolute atomic E-state index is 11.8. The van der Waals surface area contributed by atoms with E-state index in [1.54, 1.807) is 0 Å². The summed E-state index contributed by atoms with van der Waals surface area (Å²) in [4.78, 5) is 22.1. The molecule has 1 heterocycles. The maximum atomic E-state index is 11.8. The highest BCUT2D eigenvalue weighted by Gasteiger charge is 2.22. The molecule has 0 spiro atoms. The van der Waals surface area contributed by atoms with Gasteiger partial charge < -0.3 is 10.4 Å². The zero-order valence-electron chi connectivity index (χ0n) is 11.1. The third kappa shape index (κ3) is 4.08. The van der Waals surface area contributed by atoms with Crippen molar-refractivity contribution in [1.82, 2.24) is 10.3 Å². The number of hydrazone groups is 1. The Bertz CT molecular complexity index is 514. The van der Waals surface area contributed by atoms with Crippen molar-refractivity contribution in [1.29, 1.82) is 0 Å². The number of hydrogen-bond acceptors (Lipinski definition) is 3. The van der Waals surface area contributed by atoms with Gasteiger partial charge in [-0.05, 0) is 12.0 Å². The van der Waals surface area contributed by atoms with E-state index in [1.807, 2.05) is 30.3 Å². The molecular formula is C14H17N3O3. The van der Waals surface area contributed by atoms with Crippen LogP contribution in [0.3, 0.4) is 0 Å². The molecule has 0 aromatic heterocycles. The highest BCUT2D eigenvalue weighted by atomic mass is 16.4. The summed E-state index contributed by atoms with van der Waals surface area (Å²) in [6.45, 7) is 0.840. The van der Waals surface area contributed by atoms with Gasteiger partial charge in [0, 0.05) is 25.2 Å². The van der Waals surface area contributed by atoms with Gasteiger partial charge >= 0.3 is 6.09 Å². The van der Waals surface area contributed by atoms with Crippen LogP contribution in [0, 0.1) is 0 Å². The van der Waals surface area contributed by atoms with E-state index in [1.165, 1.54) is 5.01 Å². The van der Waals surface area contributed by atoms with E-state index >= 15 is 0 Å². The van der Waals surface area contributed by atoms with Crippen molar-refractivity contribution in [2.75, 3.05) is 13.1 Å². The van der Waals surface area contributed by atoms with Crippen LogP contribution in [0.4, 0.5) is 4.79 Å².